The SMILES string of the molecule is CCc1c(C)c(C)c([PH2]=S)c([PH2]=S)c1CC(=O)O. The molecule has 0 aliphatic rings. The average molecular weight is 320 g/mol. The first kappa shape index (κ1) is 16.0. The molecule has 0 saturated carbocycles. The molecule has 1 aromatic rings. The van der Waals surface area contributed by atoms with Crippen LogP contribution in [0.4, 0.5) is 0 Å². The maximum absolute atomic E-state index is 11.1. The molecule has 0 bridgehead atoms. The minimum absolute atomic E-state index is 0.0744. The third-order valence-corrected chi connectivity index (χ3v) is 6.94. The fraction of sp³-hybridized carbons (Fsp3) is 0.417. The molecule has 2 unspecified atom stereocenters. The molecular formula is C12H18O2P2S2. The molecule has 0 heterocycles. The number of aliphatic carboxylic acids is 1. The molecule has 18 heavy (non-hydrogen) atoms. The van der Waals surface area contributed by atoms with Crippen molar-refractivity contribution >= 4 is 54.9 Å². The lowest BCUT2D eigenvalue weighted by molar-refractivity contribution is -0.136. The molecule has 0 amide bonds. The van der Waals surface area contributed by atoms with E-state index in [0.717, 1.165) is 22.9 Å². The smallest absolute Gasteiger partial charge is 0.307 e. The molecule has 6 heteroatoms. The van der Waals surface area contributed by atoms with Crippen molar-refractivity contribution in [3.05, 3.63) is 22.3 Å². The summed E-state index contributed by atoms with van der Waals surface area (Å²) in [5.74, 6) is -0.789. The maximum Gasteiger partial charge on any atom is 0.307 e. The van der Waals surface area contributed by atoms with Crippen LogP contribution in [0.2, 0.25) is 0 Å². The molecule has 0 saturated heterocycles. The quantitative estimate of drug-likeness (QED) is 0.834. The first-order chi connectivity index (χ1) is 8.47. The van der Waals surface area contributed by atoms with Crippen LogP contribution in [0.15, 0.2) is 0 Å². The summed E-state index contributed by atoms with van der Waals surface area (Å²) in [6, 6.07) is 0. The maximum atomic E-state index is 11.1. The summed E-state index contributed by atoms with van der Waals surface area (Å²) in [6.07, 6.45) is 0.926. The largest absolute Gasteiger partial charge is 0.481 e. The van der Waals surface area contributed by atoms with Crippen LogP contribution in [-0.2, 0) is 41.2 Å². The molecule has 2 nitrogen and oxygen atoms in total. The van der Waals surface area contributed by atoms with Gasteiger partial charge in [-0.3, -0.25) is 4.79 Å². The Bertz CT molecular complexity index is 528. The summed E-state index contributed by atoms with van der Waals surface area (Å²) in [7, 11) is -0.541. The summed E-state index contributed by atoms with van der Waals surface area (Å²) in [4.78, 5) is 11.1. The van der Waals surface area contributed by atoms with Crippen LogP contribution in [0.25, 0.3) is 0 Å². The van der Waals surface area contributed by atoms with Crippen molar-refractivity contribution in [2.45, 2.75) is 33.6 Å². The van der Waals surface area contributed by atoms with Gasteiger partial charge in [0.1, 0.15) is 0 Å². The number of hydrogen-bond acceptors (Lipinski definition) is 3. The normalized spacial score (nSPS) is 11.9. The second-order valence-corrected chi connectivity index (χ2v) is 7.23. The number of carboxylic acids is 1. The molecule has 0 radical (unpaired) electrons. The van der Waals surface area contributed by atoms with Gasteiger partial charge >= 0.3 is 5.97 Å². The van der Waals surface area contributed by atoms with Crippen LogP contribution >= 0.6 is 14.7 Å². The predicted molar refractivity (Wildman–Crippen MR) is 90.1 cm³/mol. The molecule has 0 fully saturated rings. The van der Waals surface area contributed by atoms with Gasteiger partial charge in [-0.1, -0.05) is 30.5 Å². The topological polar surface area (TPSA) is 37.3 Å². The zero-order valence-electron chi connectivity index (χ0n) is 10.7. The fourth-order valence-electron chi connectivity index (χ4n) is 2.30. The Hall–Kier alpha value is -0.0100. The molecule has 0 aliphatic carbocycles. The van der Waals surface area contributed by atoms with Gasteiger partial charge in [0.05, 0.1) is 6.42 Å². The minimum atomic E-state index is -0.789. The van der Waals surface area contributed by atoms with Gasteiger partial charge in [0, 0.05) is 0 Å². The number of carboxylic acid groups (broad SMARTS) is 1. The second-order valence-electron chi connectivity index (χ2n) is 4.19. The van der Waals surface area contributed by atoms with Crippen LogP contribution in [0.3, 0.4) is 0 Å². The molecule has 1 rings (SSSR count). The van der Waals surface area contributed by atoms with E-state index in [9.17, 15) is 4.79 Å². The molecule has 0 aliphatic heterocycles. The van der Waals surface area contributed by atoms with Gasteiger partial charge in [0.2, 0.25) is 0 Å². The van der Waals surface area contributed by atoms with Gasteiger partial charge in [-0.15, -0.1) is 0 Å². The number of benzene rings is 1. The highest BCUT2D eigenvalue weighted by atomic mass is 32.4. The van der Waals surface area contributed by atoms with E-state index >= 15 is 0 Å². The molecule has 100 valence electrons. The van der Waals surface area contributed by atoms with Crippen molar-refractivity contribution in [1.82, 2.24) is 0 Å². The lowest BCUT2D eigenvalue weighted by atomic mass is 9.94. The molecule has 0 spiro atoms. The van der Waals surface area contributed by atoms with Crippen LogP contribution < -0.4 is 10.6 Å². The molecule has 1 aromatic carbocycles. The van der Waals surface area contributed by atoms with E-state index in [1.807, 2.05) is 0 Å². The zero-order valence-corrected chi connectivity index (χ0v) is 14.7. The van der Waals surface area contributed by atoms with Gasteiger partial charge in [0.25, 0.3) is 0 Å². The molecule has 0 aromatic heterocycles. The van der Waals surface area contributed by atoms with Crippen molar-refractivity contribution in [2.24, 2.45) is 0 Å². The minimum Gasteiger partial charge on any atom is -0.481 e. The second kappa shape index (κ2) is 6.96. The highest BCUT2D eigenvalue weighted by Crippen LogP contribution is 2.22. The average Bonchev–Trinajstić information content (AvgIpc) is 2.33. The summed E-state index contributed by atoms with van der Waals surface area (Å²) < 4.78 is 0. The molecule has 2 atom stereocenters. The summed E-state index contributed by atoms with van der Waals surface area (Å²) in [5.41, 5.74) is 4.55. The van der Waals surface area contributed by atoms with E-state index in [0.29, 0.717) is 0 Å². The highest BCUT2D eigenvalue weighted by molar-refractivity contribution is 8.02. The third-order valence-electron chi connectivity index (χ3n) is 3.32. The van der Waals surface area contributed by atoms with Crippen molar-refractivity contribution in [3.8, 4) is 0 Å². The first-order valence-corrected chi connectivity index (χ1v) is 10.7. The van der Waals surface area contributed by atoms with Crippen LogP contribution in [0, 0.1) is 13.8 Å². The molecular weight excluding hydrogens is 302 g/mol. The number of rotatable bonds is 5. The predicted octanol–water partition coefficient (Wildman–Crippen LogP) is 1.49. The van der Waals surface area contributed by atoms with Gasteiger partial charge in [-0.2, -0.15) is 0 Å². The van der Waals surface area contributed by atoms with Crippen molar-refractivity contribution < 1.29 is 9.90 Å². The summed E-state index contributed by atoms with van der Waals surface area (Å²) >= 11 is 10.6. The Kier molecular flexibility index (Phi) is 6.20. The Labute approximate surface area is 120 Å². The van der Waals surface area contributed by atoms with Crippen molar-refractivity contribution in [3.63, 3.8) is 0 Å². The van der Waals surface area contributed by atoms with E-state index in [2.05, 4.69) is 20.8 Å². The van der Waals surface area contributed by atoms with Crippen LogP contribution in [0.1, 0.15) is 29.2 Å². The first-order valence-electron chi connectivity index (χ1n) is 5.74. The van der Waals surface area contributed by atoms with Crippen LogP contribution in [0.5, 0.6) is 0 Å². The fourth-order valence-corrected chi connectivity index (χ4v) is 6.70. The lowest BCUT2D eigenvalue weighted by Crippen LogP contribution is -2.26. The number of carbonyl (C=O) groups is 1. The Morgan fingerprint density at radius 1 is 1.11 bits per heavy atom. The van der Waals surface area contributed by atoms with Gasteiger partial charge in [-0.25, -0.2) is 0 Å². The Morgan fingerprint density at radius 3 is 2.06 bits per heavy atom. The van der Waals surface area contributed by atoms with Crippen molar-refractivity contribution in [2.75, 3.05) is 0 Å². The van der Waals surface area contributed by atoms with Crippen LogP contribution in [-0.4, -0.2) is 11.1 Å². The highest BCUT2D eigenvalue weighted by Gasteiger charge is 2.17. The van der Waals surface area contributed by atoms with E-state index in [-0.39, 0.29) is 21.1 Å². The van der Waals surface area contributed by atoms with Gasteiger partial charge in [0.15, 0.2) is 0 Å². The third kappa shape index (κ3) is 3.11. The van der Waals surface area contributed by atoms with E-state index in [1.165, 1.54) is 16.4 Å². The van der Waals surface area contributed by atoms with Crippen molar-refractivity contribution in [1.29, 1.82) is 0 Å². The lowest BCUT2D eigenvalue weighted by Gasteiger charge is -2.19. The zero-order chi connectivity index (χ0) is 13.9. The van der Waals surface area contributed by atoms with E-state index < -0.39 is 5.97 Å². The molecule has 1 N–H and O–H groups in total. The van der Waals surface area contributed by atoms with E-state index in [1.54, 1.807) is 0 Å². The Balaban J connectivity index is 3.72. The summed E-state index contributed by atoms with van der Waals surface area (Å²) in [5, 5.41) is 11.4. The van der Waals surface area contributed by atoms with E-state index in [4.69, 9.17) is 28.7 Å². The summed E-state index contributed by atoms with van der Waals surface area (Å²) in [6.45, 7) is 6.22. The standard InChI is InChI=1S/C12H18O2P2S2/c1-4-8-6(2)7(3)11(15-17)12(16-18)9(8)5-10(13)14/h4-5,15-16H2,1-3H3,(H,13,14). The van der Waals surface area contributed by atoms with Gasteiger partial charge in [-0.05, 0) is 67.8 Å². The monoisotopic (exact) mass is 320 g/mol. The number of hydrogen-bond donors (Lipinski definition) is 1. The van der Waals surface area contributed by atoms with Gasteiger partial charge < -0.3 is 5.11 Å². The Morgan fingerprint density at radius 2 is 1.67 bits per heavy atom.